The summed E-state index contributed by atoms with van der Waals surface area (Å²) in [6.07, 6.45) is -4.42. The van der Waals surface area contributed by atoms with Crippen molar-refractivity contribution < 1.29 is 31.9 Å². The number of aromatic nitrogens is 3. The first-order chi connectivity index (χ1) is 19.2. The van der Waals surface area contributed by atoms with E-state index in [0.29, 0.717) is 59.8 Å². The second-order valence-corrected chi connectivity index (χ2v) is 10.1. The van der Waals surface area contributed by atoms with Crippen LogP contribution in [0.5, 0.6) is 5.75 Å². The molecular formula is C26H26ClF3N4O5S. The van der Waals surface area contributed by atoms with Crippen molar-refractivity contribution in [1.82, 2.24) is 20.0 Å². The van der Waals surface area contributed by atoms with Crippen LogP contribution in [0.25, 0.3) is 22.0 Å². The summed E-state index contributed by atoms with van der Waals surface area (Å²) in [6.45, 7) is 2.89. The lowest BCUT2D eigenvalue weighted by molar-refractivity contribution is -0.137. The molecule has 9 nitrogen and oxygen atoms in total. The van der Waals surface area contributed by atoms with Crippen LogP contribution in [0, 0.1) is 0 Å². The molecule has 2 heterocycles. The maximum absolute atomic E-state index is 13.1. The number of aromatic amines is 1. The first-order valence-corrected chi connectivity index (χ1v) is 13.2. The minimum atomic E-state index is -4.42. The fourth-order valence-electron chi connectivity index (χ4n) is 3.74. The van der Waals surface area contributed by atoms with E-state index in [0.717, 1.165) is 22.7 Å². The van der Waals surface area contributed by atoms with E-state index in [-0.39, 0.29) is 12.4 Å². The van der Waals surface area contributed by atoms with E-state index in [1.807, 2.05) is 0 Å². The zero-order chi connectivity index (χ0) is 28.7. The van der Waals surface area contributed by atoms with Crippen molar-refractivity contribution in [3.05, 3.63) is 74.2 Å². The quantitative estimate of drug-likeness (QED) is 0.215. The van der Waals surface area contributed by atoms with Gasteiger partial charge in [-0.05, 0) is 30.3 Å². The summed E-state index contributed by atoms with van der Waals surface area (Å²) < 4.78 is 60.2. The number of ether oxygens (including phenoxy) is 3. The molecule has 2 aromatic carbocycles. The Bertz CT molecular complexity index is 1450. The topological polar surface area (TPSA) is 103 Å². The third-order valence-corrected chi connectivity index (χ3v) is 7.27. The monoisotopic (exact) mass is 598 g/mol. The van der Waals surface area contributed by atoms with E-state index >= 15 is 0 Å². The highest BCUT2D eigenvalue weighted by Crippen LogP contribution is 2.34. The first kappa shape index (κ1) is 29.7. The van der Waals surface area contributed by atoms with Crippen molar-refractivity contribution in [3.63, 3.8) is 0 Å². The highest BCUT2D eigenvalue weighted by Gasteiger charge is 2.30. The van der Waals surface area contributed by atoms with Crippen LogP contribution in [-0.4, -0.2) is 60.5 Å². The average molecular weight is 599 g/mol. The number of alkyl halides is 3. The van der Waals surface area contributed by atoms with Crippen LogP contribution < -0.4 is 10.5 Å². The number of methoxy groups -OCH3 is 2. The third-order valence-electron chi connectivity index (χ3n) is 5.84. The minimum Gasteiger partial charge on any atom is -0.488 e. The number of rotatable bonds is 13. The fourth-order valence-corrected chi connectivity index (χ4v) is 4.99. The molecular weight excluding hydrogens is 573 g/mol. The van der Waals surface area contributed by atoms with Crippen molar-refractivity contribution in [1.29, 1.82) is 0 Å². The van der Waals surface area contributed by atoms with E-state index in [2.05, 4.69) is 19.6 Å². The van der Waals surface area contributed by atoms with E-state index in [4.69, 9.17) is 30.8 Å². The normalized spacial score (nSPS) is 11.9. The summed E-state index contributed by atoms with van der Waals surface area (Å²) in [4.78, 5) is 21.4. The number of hydrogen-bond donors (Lipinski definition) is 1. The Labute approximate surface area is 236 Å². The van der Waals surface area contributed by atoms with E-state index in [9.17, 15) is 18.0 Å². The van der Waals surface area contributed by atoms with Crippen molar-refractivity contribution in [2.75, 3.05) is 40.5 Å². The van der Waals surface area contributed by atoms with Gasteiger partial charge in [-0.1, -0.05) is 28.9 Å². The number of halogens is 4. The lowest BCUT2D eigenvalue weighted by atomic mass is 10.1. The van der Waals surface area contributed by atoms with Gasteiger partial charge in [0.2, 0.25) is 0 Å². The zero-order valence-electron chi connectivity index (χ0n) is 21.6. The molecule has 0 aliphatic carbocycles. The first-order valence-electron chi connectivity index (χ1n) is 12.0. The molecule has 0 saturated carbocycles. The molecule has 0 atom stereocenters. The van der Waals surface area contributed by atoms with Crippen LogP contribution in [0.4, 0.5) is 13.2 Å². The lowest BCUT2D eigenvalue weighted by Gasteiger charge is -2.21. The number of nitrogens with one attached hydrogen (secondary N) is 1. The zero-order valence-corrected chi connectivity index (χ0v) is 23.2. The van der Waals surface area contributed by atoms with Crippen LogP contribution in [0.1, 0.15) is 16.1 Å². The number of thiazole rings is 1. The summed E-state index contributed by atoms with van der Waals surface area (Å²) in [7, 11) is 3.24. The van der Waals surface area contributed by atoms with Gasteiger partial charge in [-0.25, -0.2) is 9.78 Å². The van der Waals surface area contributed by atoms with E-state index in [1.165, 1.54) is 23.5 Å². The SMILES string of the molecule is COCCN(CCOC)Cc1nc(-c2ccc(C(F)(F)F)cc2)sc1COc1ccc(-c2noc(=O)[nH]2)c(Cl)c1. The van der Waals surface area contributed by atoms with Crippen LogP contribution >= 0.6 is 22.9 Å². The van der Waals surface area contributed by atoms with Gasteiger partial charge in [0.1, 0.15) is 17.4 Å². The molecule has 4 rings (SSSR count). The van der Waals surface area contributed by atoms with Crippen LogP contribution in [0.2, 0.25) is 5.02 Å². The van der Waals surface area contributed by atoms with Gasteiger partial charge in [0.05, 0.1) is 34.4 Å². The number of hydrogen-bond acceptors (Lipinski definition) is 9. The Balaban J connectivity index is 1.58. The Morgan fingerprint density at radius 2 is 1.77 bits per heavy atom. The molecule has 4 aromatic rings. The van der Waals surface area contributed by atoms with Crippen molar-refractivity contribution >= 4 is 22.9 Å². The maximum atomic E-state index is 13.1. The van der Waals surface area contributed by atoms with E-state index in [1.54, 1.807) is 32.4 Å². The highest BCUT2D eigenvalue weighted by molar-refractivity contribution is 7.15. The molecule has 0 amide bonds. The van der Waals surface area contributed by atoms with Gasteiger partial charge < -0.3 is 14.2 Å². The van der Waals surface area contributed by atoms with Gasteiger partial charge in [0.15, 0.2) is 5.82 Å². The summed E-state index contributed by atoms with van der Waals surface area (Å²) in [5.41, 5.74) is 1.04. The number of benzene rings is 2. The fraction of sp³-hybridized carbons (Fsp3) is 0.346. The molecule has 40 heavy (non-hydrogen) atoms. The van der Waals surface area contributed by atoms with Crippen LogP contribution in [0.3, 0.4) is 0 Å². The highest BCUT2D eigenvalue weighted by atomic mass is 35.5. The van der Waals surface area contributed by atoms with Crippen LogP contribution in [0.15, 0.2) is 51.8 Å². The molecule has 14 heteroatoms. The summed E-state index contributed by atoms with van der Waals surface area (Å²) in [5.74, 6) is -0.0386. The number of H-pyrrole nitrogens is 1. The molecule has 2 aromatic heterocycles. The van der Waals surface area contributed by atoms with Crippen molar-refractivity contribution in [2.24, 2.45) is 0 Å². The van der Waals surface area contributed by atoms with E-state index < -0.39 is 17.5 Å². The predicted molar refractivity (Wildman–Crippen MR) is 143 cm³/mol. The molecule has 0 fully saturated rings. The molecule has 214 valence electrons. The minimum absolute atomic E-state index is 0.145. The molecule has 0 bridgehead atoms. The summed E-state index contributed by atoms with van der Waals surface area (Å²) in [6, 6.07) is 9.82. The molecule has 1 N–H and O–H groups in total. The third kappa shape index (κ3) is 7.70. The smallest absolute Gasteiger partial charge is 0.439 e. The van der Waals surface area contributed by atoms with Gasteiger partial charge in [-0.3, -0.25) is 14.4 Å². The largest absolute Gasteiger partial charge is 0.488 e. The Hall–Kier alpha value is -3.23. The number of nitrogens with zero attached hydrogens (tertiary/aromatic N) is 3. The van der Waals surface area contributed by atoms with Crippen LogP contribution in [-0.2, 0) is 28.8 Å². The summed E-state index contributed by atoms with van der Waals surface area (Å²) >= 11 is 7.72. The molecule has 0 aliphatic rings. The Morgan fingerprint density at radius 1 is 1.07 bits per heavy atom. The molecule has 0 unspecified atom stereocenters. The van der Waals surface area contributed by atoms with Gasteiger partial charge in [0, 0.05) is 45.0 Å². The lowest BCUT2D eigenvalue weighted by Crippen LogP contribution is -2.30. The van der Waals surface area contributed by atoms with Gasteiger partial charge in [0.25, 0.3) is 0 Å². The van der Waals surface area contributed by atoms with Gasteiger partial charge in [-0.15, -0.1) is 11.3 Å². The van der Waals surface area contributed by atoms with Gasteiger partial charge >= 0.3 is 11.9 Å². The molecule has 0 aliphatic heterocycles. The molecule has 0 radical (unpaired) electrons. The Morgan fingerprint density at radius 3 is 2.35 bits per heavy atom. The van der Waals surface area contributed by atoms with Crippen molar-refractivity contribution in [3.8, 4) is 27.7 Å². The second-order valence-electron chi connectivity index (χ2n) is 8.60. The predicted octanol–water partition coefficient (Wildman–Crippen LogP) is 5.50. The van der Waals surface area contributed by atoms with Gasteiger partial charge in [-0.2, -0.15) is 13.2 Å². The molecule has 0 spiro atoms. The Kier molecular flexibility index (Phi) is 9.98. The standard InChI is InChI=1S/C26H26ClF3N4O5S/c1-36-11-9-34(10-12-37-2)14-21-22(40-24(31-21)16-3-5-17(6-4-16)26(28,29)30)15-38-18-7-8-19(20(27)13-18)23-32-25(35)39-33-23/h3-8,13H,9-12,14-15H2,1-2H3,(H,32,33,35). The average Bonchev–Trinajstić information content (AvgIpc) is 3.54. The van der Waals surface area contributed by atoms with Crippen molar-refractivity contribution in [2.45, 2.75) is 19.3 Å². The molecule has 0 saturated heterocycles. The maximum Gasteiger partial charge on any atom is 0.439 e. The summed E-state index contributed by atoms with van der Waals surface area (Å²) in [5, 5.41) is 4.51. The second kappa shape index (κ2) is 13.4.